The third kappa shape index (κ3) is 2.32. The van der Waals surface area contributed by atoms with Gasteiger partial charge in [-0.2, -0.15) is 5.26 Å². The SMILES string of the molecule is CCCOc1cc2nccc(Cl)c2cc1C#N. The van der Waals surface area contributed by atoms with Crippen LogP contribution >= 0.6 is 11.6 Å². The van der Waals surface area contributed by atoms with Crippen molar-refractivity contribution in [1.29, 1.82) is 5.26 Å². The van der Waals surface area contributed by atoms with E-state index in [9.17, 15) is 0 Å². The largest absolute Gasteiger partial charge is 0.492 e. The standard InChI is InChI=1S/C13H11ClN2O/c1-2-5-17-13-7-12-10(6-9(13)8-15)11(14)3-4-16-12/h3-4,6-7H,2,5H2,1H3. The van der Waals surface area contributed by atoms with Crippen molar-refractivity contribution in [3.05, 3.63) is 35.0 Å². The molecular weight excluding hydrogens is 236 g/mol. The molecule has 4 heteroatoms. The summed E-state index contributed by atoms with van der Waals surface area (Å²) in [6, 6.07) is 7.30. The Morgan fingerprint density at radius 3 is 3.00 bits per heavy atom. The molecule has 0 amide bonds. The van der Waals surface area contributed by atoms with Crippen molar-refractivity contribution in [3.63, 3.8) is 0 Å². The van der Waals surface area contributed by atoms with Crippen molar-refractivity contribution in [1.82, 2.24) is 4.98 Å². The first-order valence-corrected chi connectivity index (χ1v) is 5.75. The number of fused-ring (bicyclic) bond motifs is 1. The highest BCUT2D eigenvalue weighted by molar-refractivity contribution is 6.35. The highest BCUT2D eigenvalue weighted by atomic mass is 35.5. The molecule has 0 spiro atoms. The van der Waals surface area contributed by atoms with Crippen molar-refractivity contribution in [2.45, 2.75) is 13.3 Å². The summed E-state index contributed by atoms with van der Waals surface area (Å²) in [6.45, 7) is 2.60. The Hall–Kier alpha value is -1.79. The second-order valence-corrected chi connectivity index (χ2v) is 4.03. The number of benzene rings is 1. The van der Waals surface area contributed by atoms with Crippen molar-refractivity contribution >= 4 is 22.5 Å². The molecule has 0 aliphatic carbocycles. The smallest absolute Gasteiger partial charge is 0.139 e. The van der Waals surface area contributed by atoms with E-state index in [2.05, 4.69) is 11.1 Å². The van der Waals surface area contributed by atoms with Gasteiger partial charge in [0.1, 0.15) is 11.8 Å². The molecule has 0 saturated heterocycles. The Bertz CT molecular complexity index is 590. The van der Waals surface area contributed by atoms with Gasteiger partial charge in [0.15, 0.2) is 0 Å². The lowest BCUT2D eigenvalue weighted by molar-refractivity contribution is 0.317. The molecule has 0 atom stereocenters. The zero-order chi connectivity index (χ0) is 12.3. The van der Waals surface area contributed by atoms with E-state index in [4.69, 9.17) is 21.6 Å². The Labute approximate surface area is 105 Å². The van der Waals surface area contributed by atoms with Gasteiger partial charge in [0.2, 0.25) is 0 Å². The van der Waals surface area contributed by atoms with Crippen molar-refractivity contribution in [2.75, 3.05) is 6.61 Å². The number of aromatic nitrogens is 1. The van der Waals surface area contributed by atoms with E-state index in [1.165, 1.54) is 0 Å². The molecule has 1 aromatic carbocycles. The lowest BCUT2D eigenvalue weighted by Gasteiger charge is -2.08. The van der Waals surface area contributed by atoms with Crippen LogP contribution in [0.1, 0.15) is 18.9 Å². The molecule has 0 radical (unpaired) electrons. The van der Waals surface area contributed by atoms with E-state index in [-0.39, 0.29) is 0 Å². The third-order valence-corrected chi connectivity index (χ3v) is 2.70. The lowest BCUT2D eigenvalue weighted by atomic mass is 10.1. The molecule has 0 bridgehead atoms. The molecule has 0 aliphatic rings. The molecule has 86 valence electrons. The fraction of sp³-hybridized carbons (Fsp3) is 0.231. The first-order chi connectivity index (χ1) is 8.26. The third-order valence-electron chi connectivity index (χ3n) is 2.37. The Kier molecular flexibility index (Phi) is 3.46. The van der Waals surface area contributed by atoms with Crippen LogP contribution in [0.5, 0.6) is 5.75 Å². The number of halogens is 1. The summed E-state index contributed by atoms with van der Waals surface area (Å²) in [6.07, 6.45) is 2.53. The monoisotopic (exact) mass is 246 g/mol. The van der Waals surface area contributed by atoms with Gasteiger partial charge in [-0.25, -0.2) is 0 Å². The number of nitrogens with zero attached hydrogens (tertiary/aromatic N) is 2. The van der Waals surface area contributed by atoms with Gasteiger partial charge in [0.05, 0.1) is 22.7 Å². The molecule has 2 aromatic rings. The van der Waals surface area contributed by atoms with E-state index in [1.54, 1.807) is 24.4 Å². The molecule has 0 fully saturated rings. The number of nitriles is 1. The Morgan fingerprint density at radius 1 is 1.47 bits per heavy atom. The zero-order valence-corrected chi connectivity index (χ0v) is 10.2. The minimum absolute atomic E-state index is 0.487. The number of hydrogen-bond acceptors (Lipinski definition) is 3. The Balaban J connectivity index is 2.58. The van der Waals surface area contributed by atoms with Crippen LogP contribution in [-0.2, 0) is 0 Å². The highest BCUT2D eigenvalue weighted by Gasteiger charge is 2.08. The summed E-state index contributed by atoms with van der Waals surface area (Å²) in [5, 5.41) is 10.4. The average Bonchev–Trinajstić information content (AvgIpc) is 2.36. The van der Waals surface area contributed by atoms with Crippen molar-refractivity contribution in [2.24, 2.45) is 0 Å². The second kappa shape index (κ2) is 5.03. The minimum atomic E-state index is 0.487. The van der Waals surface area contributed by atoms with Gasteiger partial charge in [0.25, 0.3) is 0 Å². The van der Waals surface area contributed by atoms with Crippen LogP contribution < -0.4 is 4.74 Å². The number of pyridine rings is 1. The van der Waals surface area contributed by atoms with Gasteiger partial charge in [-0.3, -0.25) is 4.98 Å². The molecule has 2 rings (SSSR count). The Morgan fingerprint density at radius 2 is 2.29 bits per heavy atom. The van der Waals surface area contributed by atoms with Gasteiger partial charge in [0, 0.05) is 17.6 Å². The predicted molar refractivity (Wildman–Crippen MR) is 67.3 cm³/mol. The average molecular weight is 247 g/mol. The van der Waals surface area contributed by atoms with Gasteiger partial charge in [-0.15, -0.1) is 0 Å². The molecule has 17 heavy (non-hydrogen) atoms. The summed E-state index contributed by atoms with van der Waals surface area (Å²) >= 11 is 6.05. The molecule has 0 N–H and O–H groups in total. The first kappa shape index (κ1) is 11.7. The van der Waals surface area contributed by atoms with E-state index in [1.807, 2.05) is 6.92 Å². The fourth-order valence-electron chi connectivity index (χ4n) is 1.56. The summed E-state index contributed by atoms with van der Waals surface area (Å²) in [7, 11) is 0. The highest BCUT2D eigenvalue weighted by Crippen LogP contribution is 2.28. The summed E-state index contributed by atoms with van der Waals surface area (Å²) in [5.41, 5.74) is 1.23. The van der Waals surface area contributed by atoms with Crippen LogP contribution in [-0.4, -0.2) is 11.6 Å². The first-order valence-electron chi connectivity index (χ1n) is 5.37. The van der Waals surface area contributed by atoms with E-state index >= 15 is 0 Å². The molecule has 1 aromatic heterocycles. The van der Waals surface area contributed by atoms with Crippen LogP contribution in [0.4, 0.5) is 0 Å². The summed E-state index contributed by atoms with van der Waals surface area (Å²) in [4.78, 5) is 4.21. The maximum Gasteiger partial charge on any atom is 0.139 e. The van der Waals surface area contributed by atoms with E-state index in [0.29, 0.717) is 22.9 Å². The van der Waals surface area contributed by atoms with Crippen LogP contribution in [0.25, 0.3) is 10.9 Å². The number of hydrogen-bond donors (Lipinski definition) is 0. The van der Waals surface area contributed by atoms with E-state index in [0.717, 1.165) is 17.3 Å². The molecule has 3 nitrogen and oxygen atoms in total. The zero-order valence-electron chi connectivity index (χ0n) is 9.40. The molecular formula is C13H11ClN2O. The quantitative estimate of drug-likeness (QED) is 0.832. The van der Waals surface area contributed by atoms with Gasteiger partial charge in [-0.05, 0) is 18.6 Å². The number of rotatable bonds is 3. The van der Waals surface area contributed by atoms with Gasteiger partial charge in [-0.1, -0.05) is 18.5 Å². The lowest BCUT2D eigenvalue weighted by Crippen LogP contribution is -1.97. The topological polar surface area (TPSA) is 45.9 Å². The van der Waals surface area contributed by atoms with Crippen molar-refractivity contribution in [3.8, 4) is 11.8 Å². The molecule has 0 unspecified atom stereocenters. The van der Waals surface area contributed by atoms with E-state index < -0.39 is 0 Å². The van der Waals surface area contributed by atoms with Crippen LogP contribution in [0.15, 0.2) is 24.4 Å². The van der Waals surface area contributed by atoms with Gasteiger partial charge < -0.3 is 4.74 Å². The maximum atomic E-state index is 9.07. The predicted octanol–water partition coefficient (Wildman–Crippen LogP) is 3.55. The summed E-state index contributed by atoms with van der Waals surface area (Å²) < 4.78 is 5.52. The van der Waals surface area contributed by atoms with Crippen LogP contribution in [0.2, 0.25) is 5.02 Å². The van der Waals surface area contributed by atoms with Crippen LogP contribution in [0, 0.1) is 11.3 Å². The van der Waals surface area contributed by atoms with Crippen molar-refractivity contribution < 1.29 is 4.74 Å². The molecule has 0 saturated carbocycles. The van der Waals surface area contributed by atoms with Gasteiger partial charge >= 0.3 is 0 Å². The molecule has 1 heterocycles. The normalized spacial score (nSPS) is 10.2. The maximum absolute atomic E-state index is 9.07. The second-order valence-electron chi connectivity index (χ2n) is 3.62. The van der Waals surface area contributed by atoms with Crippen LogP contribution in [0.3, 0.4) is 0 Å². The fourth-order valence-corrected chi connectivity index (χ4v) is 1.77. The number of ether oxygens (including phenoxy) is 1. The summed E-state index contributed by atoms with van der Waals surface area (Å²) in [5.74, 6) is 0.566. The minimum Gasteiger partial charge on any atom is -0.492 e. The molecule has 0 aliphatic heterocycles.